The molecule has 1 aliphatic heterocycles. The predicted molar refractivity (Wildman–Crippen MR) is 100 cm³/mol. The van der Waals surface area contributed by atoms with E-state index in [0.717, 1.165) is 11.1 Å². The van der Waals surface area contributed by atoms with Gasteiger partial charge in [-0.2, -0.15) is 0 Å². The first-order valence-corrected chi connectivity index (χ1v) is 8.82. The fraction of sp³-hybridized carbons (Fsp3) is 0.263. The van der Waals surface area contributed by atoms with Crippen LogP contribution in [0.2, 0.25) is 10.0 Å². The fourth-order valence-electron chi connectivity index (χ4n) is 3.06. The van der Waals surface area contributed by atoms with E-state index in [1.807, 2.05) is 37.3 Å². The standard InChI is InChI=1S/C19H18Cl2N2O2/c1-11(8-12-6-7-13(20)9-16(12)21)22-19(25)15-10-18(24)23-17-5-3-2-4-14(15)17/h2-7,9,11,15H,8,10H2,1H3,(H,22,25)(H,23,24). The van der Waals surface area contributed by atoms with Gasteiger partial charge in [-0.3, -0.25) is 9.59 Å². The zero-order valence-corrected chi connectivity index (χ0v) is 15.2. The first-order valence-electron chi connectivity index (χ1n) is 8.07. The fourth-order valence-corrected chi connectivity index (χ4v) is 3.54. The maximum Gasteiger partial charge on any atom is 0.228 e. The Labute approximate surface area is 156 Å². The third-order valence-electron chi connectivity index (χ3n) is 4.25. The number of amides is 2. The van der Waals surface area contributed by atoms with E-state index in [0.29, 0.717) is 22.2 Å². The largest absolute Gasteiger partial charge is 0.353 e. The first kappa shape index (κ1) is 17.8. The van der Waals surface area contributed by atoms with Crippen molar-refractivity contribution in [2.45, 2.75) is 31.7 Å². The number of halogens is 2. The van der Waals surface area contributed by atoms with Crippen LogP contribution in [0.15, 0.2) is 42.5 Å². The molecule has 4 nitrogen and oxygen atoms in total. The second-order valence-corrected chi connectivity index (χ2v) is 7.09. The molecule has 0 radical (unpaired) electrons. The predicted octanol–water partition coefficient (Wildman–Crippen LogP) is 4.17. The van der Waals surface area contributed by atoms with Crippen LogP contribution >= 0.6 is 23.2 Å². The molecular formula is C19H18Cl2N2O2. The third-order valence-corrected chi connectivity index (χ3v) is 4.83. The number of hydrogen-bond donors (Lipinski definition) is 2. The van der Waals surface area contributed by atoms with Crippen LogP contribution in [0.25, 0.3) is 0 Å². The molecular weight excluding hydrogens is 359 g/mol. The average molecular weight is 377 g/mol. The molecule has 0 saturated heterocycles. The summed E-state index contributed by atoms with van der Waals surface area (Å²) in [6.07, 6.45) is 0.736. The Morgan fingerprint density at radius 3 is 2.80 bits per heavy atom. The molecule has 2 atom stereocenters. The van der Waals surface area contributed by atoms with Gasteiger partial charge in [0.05, 0.1) is 5.92 Å². The number of carbonyl (C=O) groups excluding carboxylic acids is 2. The summed E-state index contributed by atoms with van der Waals surface area (Å²) in [5.74, 6) is -0.778. The minimum absolute atomic E-state index is 0.122. The van der Waals surface area contributed by atoms with Gasteiger partial charge in [-0.15, -0.1) is 0 Å². The van der Waals surface area contributed by atoms with Gasteiger partial charge in [0, 0.05) is 28.2 Å². The Hall–Kier alpha value is -2.04. The van der Waals surface area contributed by atoms with Crippen molar-refractivity contribution in [3.63, 3.8) is 0 Å². The molecule has 2 aromatic rings. The van der Waals surface area contributed by atoms with Gasteiger partial charge in [-0.1, -0.05) is 47.5 Å². The minimum atomic E-state index is -0.479. The van der Waals surface area contributed by atoms with Crippen LogP contribution in [0.4, 0.5) is 5.69 Å². The van der Waals surface area contributed by atoms with Crippen molar-refractivity contribution in [2.24, 2.45) is 0 Å². The highest BCUT2D eigenvalue weighted by Gasteiger charge is 2.30. The minimum Gasteiger partial charge on any atom is -0.353 e. The molecule has 2 unspecified atom stereocenters. The maximum absolute atomic E-state index is 12.7. The van der Waals surface area contributed by atoms with Gasteiger partial charge in [0.15, 0.2) is 0 Å². The van der Waals surface area contributed by atoms with E-state index in [4.69, 9.17) is 23.2 Å². The van der Waals surface area contributed by atoms with Gasteiger partial charge < -0.3 is 10.6 Å². The summed E-state index contributed by atoms with van der Waals surface area (Å²) >= 11 is 12.1. The molecule has 1 heterocycles. The summed E-state index contributed by atoms with van der Waals surface area (Å²) in [6.45, 7) is 1.91. The molecule has 2 amide bonds. The van der Waals surface area contributed by atoms with Crippen LogP contribution in [-0.4, -0.2) is 17.9 Å². The lowest BCUT2D eigenvalue weighted by Gasteiger charge is -2.26. The second kappa shape index (κ2) is 7.46. The molecule has 0 spiro atoms. The second-order valence-electron chi connectivity index (χ2n) is 6.24. The normalized spacial score (nSPS) is 17.4. The molecule has 0 fully saturated rings. The lowest BCUT2D eigenvalue weighted by Crippen LogP contribution is -2.40. The number of fused-ring (bicyclic) bond motifs is 1. The maximum atomic E-state index is 12.7. The molecule has 0 saturated carbocycles. The summed E-state index contributed by atoms with van der Waals surface area (Å²) < 4.78 is 0. The topological polar surface area (TPSA) is 58.2 Å². The molecule has 0 aromatic heterocycles. The van der Waals surface area contributed by atoms with Crippen LogP contribution in [0.5, 0.6) is 0 Å². The molecule has 1 aliphatic rings. The lowest BCUT2D eigenvalue weighted by atomic mass is 9.89. The summed E-state index contributed by atoms with van der Waals surface area (Å²) in [7, 11) is 0. The van der Waals surface area contributed by atoms with E-state index >= 15 is 0 Å². The number of carbonyl (C=O) groups is 2. The molecule has 0 bridgehead atoms. The number of anilines is 1. The smallest absolute Gasteiger partial charge is 0.228 e. The first-order chi connectivity index (χ1) is 11.9. The number of rotatable bonds is 4. The molecule has 130 valence electrons. The van der Waals surface area contributed by atoms with Crippen LogP contribution in [-0.2, 0) is 16.0 Å². The Balaban J connectivity index is 1.70. The van der Waals surface area contributed by atoms with E-state index in [2.05, 4.69) is 10.6 Å². The van der Waals surface area contributed by atoms with Crippen LogP contribution in [0.3, 0.4) is 0 Å². The van der Waals surface area contributed by atoms with Crippen molar-refractivity contribution in [1.82, 2.24) is 5.32 Å². The summed E-state index contributed by atoms with van der Waals surface area (Å²) in [6, 6.07) is 12.6. The molecule has 2 N–H and O–H groups in total. The summed E-state index contributed by atoms with van der Waals surface area (Å²) in [4.78, 5) is 24.6. The quantitative estimate of drug-likeness (QED) is 0.841. The molecule has 25 heavy (non-hydrogen) atoms. The Morgan fingerprint density at radius 1 is 1.28 bits per heavy atom. The van der Waals surface area contributed by atoms with Crippen molar-refractivity contribution >= 4 is 40.7 Å². The van der Waals surface area contributed by atoms with E-state index in [1.54, 1.807) is 12.1 Å². The van der Waals surface area contributed by atoms with Crippen molar-refractivity contribution in [2.75, 3.05) is 5.32 Å². The number of hydrogen-bond acceptors (Lipinski definition) is 2. The zero-order chi connectivity index (χ0) is 18.0. The molecule has 2 aromatic carbocycles. The summed E-state index contributed by atoms with van der Waals surface area (Å²) in [5, 5.41) is 6.95. The van der Waals surface area contributed by atoms with Gasteiger partial charge in [0.25, 0.3) is 0 Å². The monoisotopic (exact) mass is 376 g/mol. The highest BCUT2D eigenvalue weighted by Crippen LogP contribution is 2.32. The summed E-state index contributed by atoms with van der Waals surface area (Å²) in [5.41, 5.74) is 2.46. The van der Waals surface area contributed by atoms with Gasteiger partial charge in [0.1, 0.15) is 0 Å². The van der Waals surface area contributed by atoms with E-state index in [9.17, 15) is 9.59 Å². The van der Waals surface area contributed by atoms with Crippen molar-refractivity contribution < 1.29 is 9.59 Å². The Kier molecular flexibility index (Phi) is 5.30. The van der Waals surface area contributed by atoms with Crippen LogP contribution in [0, 0.1) is 0 Å². The average Bonchev–Trinajstić information content (AvgIpc) is 2.56. The lowest BCUT2D eigenvalue weighted by molar-refractivity contribution is -0.126. The van der Waals surface area contributed by atoms with Crippen molar-refractivity contribution in [1.29, 1.82) is 0 Å². The number of nitrogens with one attached hydrogen (secondary N) is 2. The van der Waals surface area contributed by atoms with Gasteiger partial charge >= 0.3 is 0 Å². The third kappa shape index (κ3) is 4.14. The van der Waals surface area contributed by atoms with Gasteiger partial charge in [-0.25, -0.2) is 0 Å². The number of para-hydroxylation sites is 1. The van der Waals surface area contributed by atoms with Crippen LogP contribution < -0.4 is 10.6 Å². The highest BCUT2D eigenvalue weighted by molar-refractivity contribution is 6.35. The molecule has 0 aliphatic carbocycles. The van der Waals surface area contributed by atoms with Crippen molar-refractivity contribution in [3.05, 3.63) is 63.6 Å². The van der Waals surface area contributed by atoms with E-state index in [-0.39, 0.29) is 24.3 Å². The SMILES string of the molecule is CC(Cc1ccc(Cl)cc1Cl)NC(=O)C1CC(=O)Nc2ccccc21. The highest BCUT2D eigenvalue weighted by atomic mass is 35.5. The zero-order valence-electron chi connectivity index (χ0n) is 13.7. The van der Waals surface area contributed by atoms with Crippen LogP contribution in [0.1, 0.15) is 30.4 Å². The van der Waals surface area contributed by atoms with Gasteiger partial charge in [-0.05, 0) is 42.7 Å². The Bertz CT molecular complexity index is 823. The van der Waals surface area contributed by atoms with Gasteiger partial charge in [0.2, 0.25) is 11.8 Å². The van der Waals surface area contributed by atoms with E-state index in [1.165, 1.54) is 0 Å². The molecule has 3 rings (SSSR count). The van der Waals surface area contributed by atoms with E-state index < -0.39 is 5.92 Å². The Morgan fingerprint density at radius 2 is 2.04 bits per heavy atom. The van der Waals surface area contributed by atoms with Crippen molar-refractivity contribution in [3.8, 4) is 0 Å². The molecule has 6 heteroatoms. The number of benzene rings is 2.